The first-order chi connectivity index (χ1) is 38.8. The molecule has 0 aromatic carbocycles. The molecule has 0 radical (unpaired) electrons. The van der Waals surface area contributed by atoms with E-state index >= 15 is 0 Å². The second kappa shape index (κ2) is 44.3. The number of unbranched alkanes of at least 4 members (excludes halogenated alkanes) is 23. The number of aliphatic hydroxyl groups excluding tert-OH is 11. The van der Waals surface area contributed by atoms with Crippen LogP contribution in [0.25, 0.3) is 0 Å². The van der Waals surface area contributed by atoms with Crippen LogP contribution in [0.3, 0.4) is 0 Å². The lowest BCUT2D eigenvalue weighted by Gasteiger charge is -2.48. The Balaban J connectivity index is 1.52. The summed E-state index contributed by atoms with van der Waals surface area (Å²) in [6.07, 6.45) is 22.4. The molecular weight excluding hydrogens is 1030 g/mol. The van der Waals surface area contributed by atoms with Gasteiger partial charge < -0.3 is 89.9 Å². The Hall–Kier alpha value is -2.25. The van der Waals surface area contributed by atoms with Gasteiger partial charge in [0.1, 0.15) is 73.2 Å². The Labute approximate surface area is 478 Å². The molecule has 466 valence electrons. The van der Waals surface area contributed by atoms with E-state index in [0.29, 0.717) is 12.8 Å². The van der Waals surface area contributed by atoms with Crippen molar-refractivity contribution < 1.29 is 89.4 Å². The fraction of sp³-hybridized carbons (Fsp3) is 0.852. The topological polar surface area (TPSA) is 307 Å². The zero-order chi connectivity index (χ0) is 58.3. The van der Waals surface area contributed by atoms with Gasteiger partial charge in [0.25, 0.3) is 0 Å². The van der Waals surface area contributed by atoms with Crippen LogP contribution in [0, 0.1) is 0 Å². The minimum Gasteiger partial charge on any atom is -0.394 e. The Kier molecular flexibility index (Phi) is 39.8. The lowest BCUT2D eigenvalue weighted by Crippen LogP contribution is -2.66. The number of carbonyl (C=O) groups is 1. The monoisotopic (exact) mass is 1140 g/mol. The van der Waals surface area contributed by atoms with Gasteiger partial charge in [0.15, 0.2) is 18.9 Å². The zero-order valence-corrected chi connectivity index (χ0v) is 48.5. The minimum atomic E-state index is -1.98. The molecule has 0 aliphatic carbocycles. The summed E-state index contributed by atoms with van der Waals surface area (Å²) < 4.78 is 34.2. The van der Waals surface area contributed by atoms with Crippen LogP contribution < -0.4 is 5.32 Å². The largest absolute Gasteiger partial charge is 0.394 e. The molecule has 12 N–H and O–H groups in total. The van der Waals surface area contributed by atoms with E-state index in [1.807, 2.05) is 6.08 Å². The summed E-state index contributed by atoms with van der Waals surface area (Å²) in [5, 5.41) is 120. The number of carbonyl (C=O) groups excluding carboxylic acids is 1. The quantitative estimate of drug-likeness (QED) is 0.0250. The van der Waals surface area contributed by atoms with Crippen LogP contribution in [0.4, 0.5) is 0 Å². The van der Waals surface area contributed by atoms with Crippen LogP contribution in [0.5, 0.6) is 0 Å². The summed E-state index contributed by atoms with van der Waals surface area (Å²) in [6.45, 7) is 1.67. The molecule has 80 heavy (non-hydrogen) atoms. The van der Waals surface area contributed by atoms with E-state index in [4.69, 9.17) is 28.4 Å². The molecule has 0 aromatic heterocycles. The third-order valence-electron chi connectivity index (χ3n) is 15.3. The van der Waals surface area contributed by atoms with Crippen molar-refractivity contribution in [2.75, 3.05) is 26.4 Å². The highest BCUT2D eigenvalue weighted by Crippen LogP contribution is 2.33. The van der Waals surface area contributed by atoms with E-state index in [1.54, 1.807) is 6.08 Å². The van der Waals surface area contributed by atoms with Gasteiger partial charge in [-0.05, 0) is 70.6 Å². The van der Waals surface area contributed by atoms with E-state index in [2.05, 4.69) is 55.6 Å². The van der Waals surface area contributed by atoms with Crippen LogP contribution in [0.1, 0.15) is 200 Å². The first kappa shape index (κ1) is 72.0. The van der Waals surface area contributed by atoms with Crippen molar-refractivity contribution in [1.29, 1.82) is 0 Å². The molecule has 0 saturated carbocycles. The molecule has 3 heterocycles. The highest BCUT2D eigenvalue weighted by molar-refractivity contribution is 5.76. The average Bonchev–Trinajstić information content (AvgIpc) is 3.47. The number of aliphatic hydroxyl groups is 11. The molecule has 3 aliphatic rings. The van der Waals surface area contributed by atoms with Crippen LogP contribution in [-0.2, 0) is 33.2 Å². The van der Waals surface area contributed by atoms with Gasteiger partial charge in [0.2, 0.25) is 5.91 Å². The minimum absolute atomic E-state index is 0.221. The van der Waals surface area contributed by atoms with Gasteiger partial charge in [-0.2, -0.15) is 0 Å². The molecule has 0 aromatic rings. The van der Waals surface area contributed by atoms with Crippen molar-refractivity contribution in [3.8, 4) is 0 Å². The van der Waals surface area contributed by atoms with E-state index in [9.17, 15) is 61.0 Å². The third-order valence-corrected chi connectivity index (χ3v) is 15.3. The van der Waals surface area contributed by atoms with Gasteiger partial charge in [-0.3, -0.25) is 4.79 Å². The summed E-state index contributed by atoms with van der Waals surface area (Å²) in [6, 6.07) is -1.00. The SMILES string of the molecule is CCCCCCC/C=C\CCCCCCCC(=O)NC(COC1OC(CO)C(OC2OC(CO)C(OC3OC(CO)C(O)C(O)C3O)C(O)C2O)C(O)C1O)C(O)/C=C/CC/C=C/CC/C=C/CCCCCCCCCCCCC. The molecule has 3 rings (SSSR count). The Morgan fingerprint density at radius 2 is 0.800 bits per heavy atom. The summed E-state index contributed by atoms with van der Waals surface area (Å²) in [7, 11) is 0. The Morgan fingerprint density at radius 3 is 1.25 bits per heavy atom. The molecule has 3 saturated heterocycles. The molecule has 17 atom stereocenters. The Morgan fingerprint density at radius 1 is 0.438 bits per heavy atom. The summed E-state index contributed by atoms with van der Waals surface area (Å²) in [5.41, 5.74) is 0. The van der Waals surface area contributed by atoms with Gasteiger partial charge in [-0.15, -0.1) is 0 Å². The number of hydrogen-bond donors (Lipinski definition) is 12. The maximum Gasteiger partial charge on any atom is 0.220 e. The standard InChI is InChI=1S/C61H109NO18/c1-3-5-7-9-11-13-15-17-19-20-21-22-23-24-25-26-28-30-32-34-36-38-45(66)44(62-49(67)39-37-35-33-31-29-27-18-16-14-12-10-8-6-4-2)43-75-59-55(73)52(70)57(47(41-64)77-59)80-61-56(74)53(71)58(48(42-65)78-61)79-60-54(72)51(69)50(68)46(40-63)76-60/h16,18,23-24,28,30,36,38,44-48,50-61,63-66,68-74H,3-15,17,19-22,25-27,29,31-35,37,39-43H2,1-2H3,(H,62,67)/b18-16-,24-23+,30-28+,38-36+. The van der Waals surface area contributed by atoms with E-state index in [0.717, 1.165) is 64.2 Å². The number of nitrogens with one attached hydrogen (secondary N) is 1. The summed E-state index contributed by atoms with van der Waals surface area (Å²) >= 11 is 0. The number of allylic oxidation sites excluding steroid dienone is 7. The van der Waals surface area contributed by atoms with Crippen molar-refractivity contribution in [2.45, 2.75) is 304 Å². The summed E-state index contributed by atoms with van der Waals surface area (Å²) in [5.74, 6) is -0.300. The van der Waals surface area contributed by atoms with Gasteiger partial charge in [0.05, 0.1) is 38.6 Å². The second-order valence-corrected chi connectivity index (χ2v) is 22.1. The van der Waals surface area contributed by atoms with Crippen LogP contribution in [0.15, 0.2) is 48.6 Å². The molecule has 3 aliphatic heterocycles. The molecule has 0 spiro atoms. The normalized spacial score (nSPS) is 30.3. The highest BCUT2D eigenvalue weighted by atomic mass is 16.8. The summed E-state index contributed by atoms with van der Waals surface area (Å²) in [4.78, 5) is 13.3. The van der Waals surface area contributed by atoms with Crippen molar-refractivity contribution >= 4 is 5.91 Å². The molecule has 17 unspecified atom stereocenters. The fourth-order valence-corrected chi connectivity index (χ4v) is 10.2. The number of rotatable bonds is 45. The Bertz CT molecular complexity index is 1650. The van der Waals surface area contributed by atoms with E-state index in [1.165, 1.54) is 103 Å². The highest BCUT2D eigenvalue weighted by Gasteiger charge is 2.53. The molecule has 3 fully saturated rings. The van der Waals surface area contributed by atoms with Crippen molar-refractivity contribution in [2.24, 2.45) is 0 Å². The van der Waals surface area contributed by atoms with Crippen LogP contribution in [0.2, 0.25) is 0 Å². The predicted octanol–water partition coefficient (Wildman–Crippen LogP) is 5.87. The zero-order valence-electron chi connectivity index (χ0n) is 48.5. The molecule has 0 bridgehead atoms. The second-order valence-electron chi connectivity index (χ2n) is 22.1. The molecule has 19 nitrogen and oxygen atoms in total. The fourth-order valence-electron chi connectivity index (χ4n) is 10.2. The van der Waals surface area contributed by atoms with Crippen molar-refractivity contribution in [3.05, 3.63) is 48.6 Å². The molecule has 1 amide bonds. The lowest BCUT2D eigenvalue weighted by atomic mass is 9.96. The lowest BCUT2D eigenvalue weighted by molar-refractivity contribution is -0.379. The smallest absolute Gasteiger partial charge is 0.220 e. The number of amides is 1. The van der Waals surface area contributed by atoms with Gasteiger partial charge in [-0.25, -0.2) is 0 Å². The molecular formula is C61H109NO18. The van der Waals surface area contributed by atoms with E-state index in [-0.39, 0.29) is 18.9 Å². The molecule has 19 heteroatoms. The van der Waals surface area contributed by atoms with Crippen molar-refractivity contribution in [3.63, 3.8) is 0 Å². The maximum absolute atomic E-state index is 13.3. The predicted molar refractivity (Wildman–Crippen MR) is 305 cm³/mol. The van der Waals surface area contributed by atoms with Crippen LogP contribution >= 0.6 is 0 Å². The van der Waals surface area contributed by atoms with Gasteiger partial charge in [0, 0.05) is 6.42 Å². The van der Waals surface area contributed by atoms with Crippen molar-refractivity contribution in [1.82, 2.24) is 5.32 Å². The van der Waals surface area contributed by atoms with Gasteiger partial charge >= 0.3 is 0 Å². The van der Waals surface area contributed by atoms with Gasteiger partial charge in [-0.1, -0.05) is 172 Å². The maximum atomic E-state index is 13.3. The van der Waals surface area contributed by atoms with E-state index < -0.39 is 124 Å². The number of ether oxygens (including phenoxy) is 6. The van der Waals surface area contributed by atoms with Crippen LogP contribution in [-0.4, -0.2) is 193 Å². The first-order valence-electron chi connectivity index (χ1n) is 30.9. The number of hydrogen-bond acceptors (Lipinski definition) is 18. The average molecular weight is 1140 g/mol. The first-order valence-corrected chi connectivity index (χ1v) is 30.9. The third kappa shape index (κ3) is 27.6.